The number of phenols is 1. The van der Waals surface area contributed by atoms with E-state index in [1.165, 1.54) is 0 Å². The minimum absolute atomic E-state index is 0.193. The second-order valence-electron chi connectivity index (χ2n) is 4.14. The highest BCUT2D eigenvalue weighted by atomic mass is 79.9. The smallest absolute Gasteiger partial charge is 0.129 e. The number of benzene rings is 1. The number of pyridine rings is 1. The third-order valence-corrected chi connectivity index (χ3v) is 3.39. The fourth-order valence-electron chi connectivity index (χ4n) is 1.67. The molecular formula is C14H15BrN2O. The van der Waals surface area contributed by atoms with Crippen LogP contribution in [-0.2, 0) is 6.54 Å². The van der Waals surface area contributed by atoms with Crippen molar-refractivity contribution in [3.8, 4) is 5.75 Å². The SMILES string of the molecule is CC(NCc1ccc(O)c(Br)c1)c1ccccn1. The van der Waals surface area contributed by atoms with Gasteiger partial charge in [0, 0.05) is 18.8 Å². The lowest BCUT2D eigenvalue weighted by molar-refractivity contribution is 0.471. The zero-order valence-electron chi connectivity index (χ0n) is 10.1. The van der Waals surface area contributed by atoms with Gasteiger partial charge in [0.15, 0.2) is 0 Å². The maximum absolute atomic E-state index is 9.42. The van der Waals surface area contributed by atoms with Crippen LogP contribution in [0.5, 0.6) is 5.75 Å². The molecule has 1 atom stereocenters. The average molecular weight is 307 g/mol. The third kappa shape index (κ3) is 3.31. The van der Waals surface area contributed by atoms with E-state index in [9.17, 15) is 5.11 Å². The van der Waals surface area contributed by atoms with Crippen LogP contribution in [0.1, 0.15) is 24.2 Å². The van der Waals surface area contributed by atoms with E-state index in [2.05, 4.69) is 33.2 Å². The number of aromatic hydroxyl groups is 1. The lowest BCUT2D eigenvalue weighted by atomic mass is 10.1. The maximum atomic E-state index is 9.42. The van der Waals surface area contributed by atoms with Gasteiger partial charge in [-0.15, -0.1) is 0 Å². The molecule has 0 saturated heterocycles. The molecule has 2 rings (SSSR count). The summed E-state index contributed by atoms with van der Waals surface area (Å²) >= 11 is 3.31. The largest absolute Gasteiger partial charge is 0.507 e. The Morgan fingerprint density at radius 3 is 2.83 bits per heavy atom. The molecule has 2 aromatic rings. The van der Waals surface area contributed by atoms with Gasteiger partial charge in [0.05, 0.1) is 10.2 Å². The Balaban J connectivity index is 1.97. The molecule has 0 saturated carbocycles. The van der Waals surface area contributed by atoms with E-state index in [0.717, 1.165) is 17.8 Å². The Morgan fingerprint density at radius 1 is 1.33 bits per heavy atom. The second-order valence-corrected chi connectivity index (χ2v) is 5.00. The van der Waals surface area contributed by atoms with Crippen LogP contribution in [0.3, 0.4) is 0 Å². The summed E-state index contributed by atoms with van der Waals surface area (Å²) in [6, 6.07) is 11.6. The number of halogens is 1. The molecule has 94 valence electrons. The zero-order chi connectivity index (χ0) is 13.0. The van der Waals surface area contributed by atoms with Gasteiger partial charge in [-0.05, 0) is 52.7 Å². The van der Waals surface area contributed by atoms with E-state index in [4.69, 9.17) is 0 Å². The normalized spacial score (nSPS) is 12.3. The molecule has 18 heavy (non-hydrogen) atoms. The van der Waals surface area contributed by atoms with E-state index in [0.29, 0.717) is 4.47 Å². The Bertz CT molecular complexity index is 516. The summed E-state index contributed by atoms with van der Waals surface area (Å²) in [6.45, 7) is 2.81. The molecule has 0 bridgehead atoms. The first-order valence-electron chi connectivity index (χ1n) is 5.78. The molecule has 4 heteroatoms. The van der Waals surface area contributed by atoms with E-state index >= 15 is 0 Å². The Morgan fingerprint density at radius 2 is 2.17 bits per heavy atom. The lowest BCUT2D eigenvalue weighted by Gasteiger charge is -2.13. The van der Waals surface area contributed by atoms with Crippen molar-refractivity contribution in [2.45, 2.75) is 19.5 Å². The van der Waals surface area contributed by atoms with Gasteiger partial charge in [-0.25, -0.2) is 0 Å². The van der Waals surface area contributed by atoms with Crippen LogP contribution < -0.4 is 5.32 Å². The molecule has 1 aromatic heterocycles. The molecule has 0 fully saturated rings. The molecule has 0 spiro atoms. The van der Waals surface area contributed by atoms with Crippen molar-refractivity contribution in [3.63, 3.8) is 0 Å². The predicted molar refractivity (Wildman–Crippen MR) is 75.3 cm³/mol. The molecule has 0 radical (unpaired) electrons. The van der Waals surface area contributed by atoms with E-state index in [1.807, 2.05) is 30.3 Å². The van der Waals surface area contributed by atoms with Gasteiger partial charge in [0.1, 0.15) is 5.75 Å². The van der Waals surface area contributed by atoms with Crippen LogP contribution in [-0.4, -0.2) is 10.1 Å². The predicted octanol–water partition coefficient (Wildman–Crippen LogP) is 3.40. The van der Waals surface area contributed by atoms with Crippen LogP contribution in [0.15, 0.2) is 47.1 Å². The van der Waals surface area contributed by atoms with Crippen LogP contribution in [0.4, 0.5) is 0 Å². The van der Waals surface area contributed by atoms with E-state index in [1.54, 1.807) is 12.3 Å². The Hall–Kier alpha value is -1.39. The zero-order valence-corrected chi connectivity index (χ0v) is 11.7. The minimum atomic E-state index is 0.193. The van der Waals surface area contributed by atoms with Gasteiger partial charge >= 0.3 is 0 Å². The third-order valence-electron chi connectivity index (χ3n) is 2.76. The second kappa shape index (κ2) is 5.98. The maximum Gasteiger partial charge on any atom is 0.129 e. The average Bonchev–Trinajstić information content (AvgIpc) is 2.41. The number of phenolic OH excluding ortho intramolecular Hbond substituents is 1. The van der Waals surface area contributed by atoms with Crippen molar-refractivity contribution in [2.24, 2.45) is 0 Å². The summed E-state index contributed by atoms with van der Waals surface area (Å²) < 4.78 is 0.715. The summed E-state index contributed by atoms with van der Waals surface area (Å²) in [4.78, 5) is 4.31. The summed E-state index contributed by atoms with van der Waals surface area (Å²) in [6.07, 6.45) is 1.80. The van der Waals surface area contributed by atoms with Crippen LogP contribution in [0.25, 0.3) is 0 Å². The van der Waals surface area contributed by atoms with Crippen molar-refractivity contribution < 1.29 is 5.11 Å². The van der Waals surface area contributed by atoms with E-state index in [-0.39, 0.29) is 11.8 Å². The summed E-state index contributed by atoms with van der Waals surface area (Å²) in [5, 5.41) is 12.8. The van der Waals surface area contributed by atoms with Gasteiger partial charge in [-0.3, -0.25) is 4.98 Å². The highest BCUT2D eigenvalue weighted by Crippen LogP contribution is 2.24. The van der Waals surface area contributed by atoms with Crippen molar-refractivity contribution in [1.29, 1.82) is 0 Å². The van der Waals surface area contributed by atoms with Gasteiger partial charge in [-0.2, -0.15) is 0 Å². The Labute approximate surface area is 115 Å². The molecular weight excluding hydrogens is 292 g/mol. The van der Waals surface area contributed by atoms with Crippen molar-refractivity contribution in [3.05, 3.63) is 58.3 Å². The number of rotatable bonds is 4. The number of nitrogens with one attached hydrogen (secondary N) is 1. The van der Waals surface area contributed by atoms with Gasteiger partial charge in [-0.1, -0.05) is 12.1 Å². The van der Waals surface area contributed by atoms with E-state index < -0.39 is 0 Å². The van der Waals surface area contributed by atoms with Crippen LogP contribution in [0, 0.1) is 0 Å². The standard InChI is InChI=1S/C14H15BrN2O/c1-10(13-4-2-3-7-16-13)17-9-11-5-6-14(18)12(15)8-11/h2-8,10,17-18H,9H2,1H3. The fraction of sp³-hybridized carbons (Fsp3) is 0.214. The fourth-order valence-corrected chi connectivity index (χ4v) is 2.09. The molecule has 0 amide bonds. The quantitative estimate of drug-likeness (QED) is 0.910. The highest BCUT2D eigenvalue weighted by molar-refractivity contribution is 9.10. The topological polar surface area (TPSA) is 45.1 Å². The first-order valence-corrected chi connectivity index (χ1v) is 6.58. The molecule has 2 N–H and O–H groups in total. The lowest BCUT2D eigenvalue weighted by Crippen LogP contribution is -2.18. The number of nitrogens with zero attached hydrogens (tertiary/aromatic N) is 1. The van der Waals surface area contributed by atoms with Crippen LogP contribution >= 0.6 is 15.9 Å². The first-order chi connectivity index (χ1) is 8.66. The van der Waals surface area contributed by atoms with Gasteiger partial charge in [0.2, 0.25) is 0 Å². The van der Waals surface area contributed by atoms with Gasteiger partial charge in [0.25, 0.3) is 0 Å². The molecule has 1 heterocycles. The molecule has 0 aliphatic heterocycles. The molecule has 0 aliphatic rings. The summed E-state index contributed by atoms with van der Waals surface area (Å²) in [5.74, 6) is 0.261. The molecule has 1 aromatic carbocycles. The first kappa shape index (κ1) is 13.1. The van der Waals surface area contributed by atoms with Crippen molar-refractivity contribution >= 4 is 15.9 Å². The minimum Gasteiger partial charge on any atom is -0.507 e. The van der Waals surface area contributed by atoms with Crippen molar-refractivity contribution in [1.82, 2.24) is 10.3 Å². The number of aromatic nitrogens is 1. The molecule has 0 aliphatic carbocycles. The van der Waals surface area contributed by atoms with Gasteiger partial charge < -0.3 is 10.4 Å². The Kier molecular flexibility index (Phi) is 4.33. The highest BCUT2D eigenvalue weighted by Gasteiger charge is 2.06. The number of hydrogen-bond acceptors (Lipinski definition) is 3. The summed E-state index contributed by atoms with van der Waals surface area (Å²) in [7, 11) is 0. The van der Waals surface area contributed by atoms with Crippen molar-refractivity contribution in [2.75, 3.05) is 0 Å². The summed E-state index contributed by atoms with van der Waals surface area (Å²) in [5.41, 5.74) is 2.14. The monoisotopic (exact) mass is 306 g/mol. The molecule has 1 unspecified atom stereocenters. The molecule has 3 nitrogen and oxygen atoms in total. The number of hydrogen-bond donors (Lipinski definition) is 2. The van der Waals surface area contributed by atoms with Crippen LogP contribution in [0.2, 0.25) is 0 Å².